The first kappa shape index (κ1) is 13.4. The molecule has 2 saturated carbocycles. The van der Waals surface area contributed by atoms with E-state index >= 15 is 0 Å². The zero-order valence-electron chi connectivity index (χ0n) is 11.2. The van der Waals surface area contributed by atoms with Crippen molar-refractivity contribution in [1.29, 1.82) is 0 Å². The van der Waals surface area contributed by atoms with Crippen LogP contribution in [-0.4, -0.2) is 28.5 Å². The van der Waals surface area contributed by atoms with E-state index in [4.69, 9.17) is 0 Å². The molecule has 3 atom stereocenters. The summed E-state index contributed by atoms with van der Waals surface area (Å²) in [5.74, 6) is 3.05. The second-order valence-electron chi connectivity index (χ2n) is 6.36. The Kier molecular flexibility index (Phi) is 3.61. The lowest BCUT2D eigenvalue weighted by Crippen LogP contribution is -2.38. The largest absolute Gasteiger partial charge is 0.393 e. The third kappa shape index (κ3) is 2.06. The smallest absolute Gasteiger partial charge is 0.140 e. The summed E-state index contributed by atoms with van der Waals surface area (Å²) in [4.78, 5) is 12.2. The normalized spacial score (nSPS) is 36.5. The molecule has 0 aromatic heterocycles. The summed E-state index contributed by atoms with van der Waals surface area (Å²) >= 11 is 1.85. The van der Waals surface area contributed by atoms with Gasteiger partial charge >= 0.3 is 0 Å². The molecule has 98 valence electrons. The molecule has 2 bridgehead atoms. The molecule has 0 aromatic carbocycles. The van der Waals surface area contributed by atoms with Crippen molar-refractivity contribution in [3.63, 3.8) is 0 Å². The molecule has 2 aliphatic rings. The van der Waals surface area contributed by atoms with Gasteiger partial charge in [0.15, 0.2) is 0 Å². The van der Waals surface area contributed by atoms with Gasteiger partial charge in [0.05, 0.1) is 6.10 Å². The first-order valence-electron chi connectivity index (χ1n) is 6.69. The van der Waals surface area contributed by atoms with Crippen LogP contribution in [0.3, 0.4) is 0 Å². The summed E-state index contributed by atoms with van der Waals surface area (Å²) in [5, 5.41) is 9.25. The fraction of sp³-hybridized carbons (Fsp3) is 0.929. The summed E-state index contributed by atoms with van der Waals surface area (Å²) in [5.41, 5.74) is 0.142. The van der Waals surface area contributed by atoms with Crippen molar-refractivity contribution in [3.8, 4) is 0 Å². The number of Topliss-reactive ketones (excluding diaryl/α,β-unsaturated/α-hetero) is 1. The Bertz CT molecular complexity index is 311. The molecule has 0 radical (unpaired) electrons. The van der Waals surface area contributed by atoms with E-state index in [0.29, 0.717) is 11.7 Å². The molecule has 2 nitrogen and oxygen atoms in total. The Hall–Kier alpha value is -0.0200. The molecule has 0 saturated heterocycles. The zero-order valence-corrected chi connectivity index (χ0v) is 12.0. The fourth-order valence-corrected chi connectivity index (χ4v) is 5.29. The monoisotopic (exact) mass is 256 g/mol. The number of aliphatic hydroxyl groups excluding tert-OH is 1. The molecule has 0 aromatic rings. The number of thioether (sulfide) groups is 1. The SMILES string of the molecule is C[C@H](O)CCSC[C@]12CC[C@H](CC1=O)C2(C)C. The van der Waals surface area contributed by atoms with Crippen molar-refractivity contribution in [3.05, 3.63) is 0 Å². The highest BCUT2D eigenvalue weighted by molar-refractivity contribution is 7.99. The highest BCUT2D eigenvalue weighted by Gasteiger charge is 2.63. The minimum atomic E-state index is -0.219. The van der Waals surface area contributed by atoms with Crippen LogP contribution in [0.5, 0.6) is 0 Å². The first-order chi connectivity index (χ1) is 7.90. The van der Waals surface area contributed by atoms with Gasteiger partial charge in [0.2, 0.25) is 0 Å². The molecule has 2 aliphatic carbocycles. The molecular weight excluding hydrogens is 232 g/mol. The van der Waals surface area contributed by atoms with E-state index in [2.05, 4.69) is 13.8 Å². The van der Waals surface area contributed by atoms with Gasteiger partial charge < -0.3 is 5.11 Å². The van der Waals surface area contributed by atoms with Crippen molar-refractivity contribution in [1.82, 2.24) is 0 Å². The van der Waals surface area contributed by atoms with Crippen LogP contribution in [0.2, 0.25) is 0 Å². The first-order valence-corrected chi connectivity index (χ1v) is 7.85. The predicted octanol–water partition coefficient (Wildman–Crippen LogP) is 2.89. The topological polar surface area (TPSA) is 37.3 Å². The van der Waals surface area contributed by atoms with Gasteiger partial charge in [0.1, 0.15) is 5.78 Å². The molecule has 2 fully saturated rings. The Morgan fingerprint density at radius 3 is 2.71 bits per heavy atom. The second-order valence-corrected chi connectivity index (χ2v) is 7.46. The Morgan fingerprint density at radius 2 is 2.24 bits per heavy atom. The molecule has 0 aliphatic heterocycles. The van der Waals surface area contributed by atoms with Crippen LogP contribution >= 0.6 is 11.8 Å². The van der Waals surface area contributed by atoms with Gasteiger partial charge in [-0.3, -0.25) is 4.79 Å². The second kappa shape index (κ2) is 4.58. The van der Waals surface area contributed by atoms with E-state index in [9.17, 15) is 9.90 Å². The Labute approximate surface area is 109 Å². The highest BCUT2D eigenvalue weighted by atomic mass is 32.2. The van der Waals surface area contributed by atoms with Gasteiger partial charge in [0.25, 0.3) is 0 Å². The number of hydrogen-bond donors (Lipinski definition) is 1. The van der Waals surface area contributed by atoms with Crippen molar-refractivity contribution < 1.29 is 9.90 Å². The van der Waals surface area contributed by atoms with Gasteiger partial charge in [-0.05, 0) is 43.3 Å². The summed E-state index contributed by atoms with van der Waals surface area (Å²) in [6, 6.07) is 0. The van der Waals surface area contributed by atoms with E-state index in [1.807, 2.05) is 18.7 Å². The van der Waals surface area contributed by atoms with Crippen molar-refractivity contribution in [2.24, 2.45) is 16.7 Å². The van der Waals surface area contributed by atoms with E-state index in [0.717, 1.165) is 30.8 Å². The summed E-state index contributed by atoms with van der Waals surface area (Å²) in [6.45, 7) is 6.39. The van der Waals surface area contributed by atoms with Crippen LogP contribution in [0, 0.1) is 16.7 Å². The van der Waals surface area contributed by atoms with Gasteiger partial charge in [-0.25, -0.2) is 0 Å². The predicted molar refractivity (Wildman–Crippen MR) is 72.2 cm³/mol. The summed E-state index contributed by atoms with van der Waals surface area (Å²) < 4.78 is 0. The third-order valence-electron chi connectivity index (χ3n) is 5.17. The molecule has 3 heteroatoms. The van der Waals surface area contributed by atoms with Crippen LogP contribution in [-0.2, 0) is 4.79 Å². The van der Waals surface area contributed by atoms with E-state index in [-0.39, 0.29) is 16.9 Å². The number of carbonyl (C=O) groups excluding carboxylic acids is 1. The summed E-state index contributed by atoms with van der Waals surface area (Å²) in [7, 11) is 0. The maximum Gasteiger partial charge on any atom is 0.140 e. The number of fused-ring (bicyclic) bond motifs is 2. The lowest BCUT2D eigenvalue weighted by Gasteiger charge is -2.36. The third-order valence-corrected chi connectivity index (χ3v) is 6.39. The minimum Gasteiger partial charge on any atom is -0.393 e. The quantitative estimate of drug-likeness (QED) is 0.769. The van der Waals surface area contributed by atoms with Gasteiger partial charge in [-0.15, -0.1) is 0 Å². The van der Waals surface area contributed by atoms with Gasteiger partial charge in [0, 0.05) is 17.6 Å². The minimum absolute atomic E-state index is 0.0545. The Balaban J connectivity index is 1.96. The molecule has 0 unspecified atom stereocenters. The maximum absolute atomic E-state index is 12.2. The fourth-order valence-electron chi connectivity index (χ4n) is 3.61. The van der Waals surface area contributed by atoms with Crippen LogP contribution in [0.25, 0.3) is 0 Å². The van der Waals surface area contributed by atoms with E-state index in [1.54, 1.807) is 0 Å². The lowest BCUT2D eigenvalue weighted by molar-refractivity contribution is -0.127. The standard InChI is InChI=1S/C14H24O2S/c1-10(15)5-7-17-9-14-6-4-11(8-12(14)16)13(14,2)3/h10-11,15H,4-9H2,1-3H3/t10-,11+,14+/m0/s1. The van der Waals surface area contributed by atoms with Gasteiger partial charge in [-0.1, -0.05) is 13.8 Å². The van der Waals surface area contributed by atoms with Crippen molar-refractivity contribution in [2.45, 2.75) is 52.6 Å². The highest BCUT2D eigenvalue weighted by Crippen LogP contribution is 2.64. The number of carbonyl (C=O) groups is 1. The molecule has 0 amide bonds. The van der Waals surface area contributed by atoms with Crippen LogP contribution < -0.4 is 0 Å². The van der Waals surface area contributed by atoms with Crippen LogP contribution in [0.15, 0.2) is 0 Å². The van der Waals surface area contributed by atoms with E-state index in [1.165, 1.54) is 6.42 Å². The number of aliphatic hydroxyl groups is 1. The van der Waals surface area contributed by atoms with Crippen molar-refractivity contribution in [2.75, 3.05) is 11.5 Å². The average molecular weight is 256 g/mol. The Morgan fingerprint density at radius 1 is 1.53 bits per heavy atom. The van der Waals surface area contributed by atoms with Gasteiger partial charge in [-0.2, -0.15) is 11.8 Å². The zero-order chi connectivity index (χ0) is 12.7. The molecule has 0 spiro atoms. The summed E-state index contributed by atoms with van der Waals surface area (Å²) in [6.07, 6.45) is 3.74. The molecule has 2 rings (SSSR count). The number of hydrogen-bond acceptors (Lipinski definition) is 3. The molecular formula is C14H24O2S. The number of rotatable bonds is 5. The number of ketones is 1. The van der Waals surface area contributed by atoms with Crippen LogP contribution in [0.1, 0.15) is 46.5 Å². The maximum atomic E-state index is 12.2. The van der Waals surface area contributed by atoms with Crippen molar-refractivity contribution >= 4 is 17.5 Å². The molecule has 1 N–H and O–H groups in total. The average Bonchev–Trinajstić information content (AvgIpc) is 2.58. The molecule has 17 heavy (non-hydrogen) atoms. The van der Waals surface area contributed by atoms with E-state index < -0.39 is 0 Å². The van der Waals surface area contributed by atoms with Crippen LogP contribution in [0.4, 0.5) is 0 Å². The lowest BCUT2D eigenvalue weighted by atomic mass is 9.70. The molecule has 0 heterocycles.